The lowest BCUT2D eigenvalue weighted by Crippen LogP contribution is -2.01. The number of aromatic nitrogens is 4. The molecule has 0 amide bonds. The van der Waals surface area contributed by atoms with Gasteiger partial charge >= 0.3 is 5.97 Å². The van der Waals surface area contributed by atoms with Crippen LogP contribution in [0.1, 0.15) is 10.4 Å². The molecule has 7 nitrogen and oxygen atoms in total. The average molecular weight is 309 g/mol. The number of hydrogen-bond acceptors (Lipinski definition) is 6. The highest BCUT2D eigenvalue weighted by Gasteiger charge is 2.07. The zero-order chi connectivity index (χ0) is 16.2. The molecule has 0 atom stereocenters. The monoisotopic (exact) mass is 309 g/mol. The van der Waals surface area contributed by atoms with Crippen molar-refractivity contribution in [2.45, 2.75) is 0 Å². The van der Waals surface area contributed by atoms with E-state index in [4.69, 9.17) is 0 Å². The number of carbonyl (C=O) groups is 1. The number of nitrogens with one attached hydrogen (secondary N) is 1. The van der Waals surface area contributed by atoms with Gasteiger partial charge in [-0.15, -0.1) is 0 Å². The third kappa shape index (κ3) is 3.34. The number of rotatable bonds is 4. The first-order chi connectivity index (χ1) is 11.2. The first kappa shape index (κ1) is 14.7. The largest absolute Gasteiger partial charge is 0.465 e. The van der Waals surface area contributed by atoms with E-state index in [1.807, 2.05) is 31.4 Å². The molecular formula is C16H15N5O2. The fraction of sp³-hybridized carbons (Fsp3) is 0.125. The minimum absolute atomic E-state index is 0.363. The van der Waals surface area contributed by atoms with Gasteiger partial charge in [-0.05, 0) is 18.2 Å². The molecule has 116 valence electrons. The Morgan fingerprint density at radius 3 is 2.65 bits per heavy atom. The van der Waals surface area contributed by atoms with Gasteiger partial charge in [0, 0.05) is 25.0 Å². The highest BCUT2D eigenvalue weighted by Crippen LogP contribution is 2.20. The van der Waals surface area contributed by atoms with E-state index in [-0.39, 0.29) is 5.97 Å². The molecule has 0 saturated carbocycles. The predicted molar refractivity (Wildman–Crippen MR) is 85.3 cm³/mol. The molecule has 2 heterocycles. The summed E-state index contributed by atoms with van der Waals surface area (Å²) in [5.41, 5.74) is 2.95. The lowest BCUT2D eigenvalue weighted by molar-refractivity contribution is 0.0601. The second-order valence-corrected chi connectivity index (χ2v) is 4.86. The van der Waals surface area contributed by atoms with Gasteiger partial charge in [-0.2, -0.15) is 5.10 Å². The Labute approximate surface area is 133 Å². The molecule has 3 rings (SSSR count). The smallest absolute Gasteiger partial charge is 0.337 e. The summed E-state index contributed by atoms with van der Waals surface area (Å²) in [5.74, 6) is 0.116. The summed E-state index contributed by atoms with van der Waals surface area (Å²) in [7, 11) is 3.20. The Kier molecular flexibility index (Phi) is 4.01. The Bertz CT molecular complexity index is 826. The number of nitrogens with zero attached hydrogens (tertiary/aromatic N) is 4. The molecule has 0 bridgehead atoms. The lowest BCUT2D eigenvalue weighted by Gasteiger charge is -2.05. The van der Waals surface area contributed by atoms with Crippen LogP contribution in [0.3, 0.4) is 0 Å². The van der Waals surface area contributed by atoms with Crippen LogP contribution in [-0.4, -0.2) is 32.8 Å². The van der Waals surface area contributed by atoms with Gasteiger partial charge in [0.1, 0.15) is 0 Å². The van der Waals surface area contributed by atoms with Crippen molar-refractivity contribution in [3.63, 3.8) is 0 Å². The highest BCUT2D eigenvalue weighted by molar-refractivity contribution is 5.89. The summed E-state index contributed by atoms with van der Waals surface area (Å²) in [6.07, 6.45) is 5.21. The van der Waals surface area contributed by atoms with E-state index >= 15 is 0 Å². The highest BCUT2D eigenvalue weighted by atomic mass is 16.5. The number of ether oxygens (including phenoxy) is 1. The van der Waals surface area contributed by atoms with Crippen molar-refractivity contribution >= 4 is 17.6 Å². The zero-order valence-electron chi connectivity index (χ0n) is 12.7. The fourth-order valence-electron chi connectivity index (χ4n) is 2.09. The third-order valence-corrected chi connectivity index (χ3v) is 3.22. The van der Waals surface area contributed by atoms with E-state index in [0.717, 1.165) is 16.9 Å². The minimum Gasteiger partial charge on any atom is -0.465 e. The van der Waals surface area contributed by atoms with E-state index in [1.54, 1.807) is 29.2 Å². The molecule has 3 aromatic rings. The van der Waals surface area contributed by atoms with Crippen molar-refractivity contribution in [3.05, 3.63) is 54.5 Å². The molecule has 1 aromatic carbocycles. The lowest BCUT2D eigenvalue weighted by atomic mass is 10.1. The first-order valence-electron chi connectivity index (χ1n) is 6.93. The average Bonchev–Trinajstić information content (AvgIpc) is 2.99. The molecule has 23 heavy (non-hydrogen) atoms. The van der Waals surface area contributed by atoms with Gasteiger partial charge in [0.2, 0.25) is 5.95 Å². The molecule has 2 aromatic heterocycles. The van der Waals surface area contributed by atoms with Crippen molar-refractivity contribution in [2.24, 2.45) is 7.05 Å². The number of aryl methyl sites for hydroxylation is 1. The van der Waals surface area contributed by atoms with Gasteiger partial charge < -0.3 is 10.1 Å². The number of anilines is 2. The maximum Gasteiger partial charge on any atom is 0.337 e. The van der Waals surface area contributed by atoms with Crippen LogP contribution in [0.4, 0.5) is 11.6 Å². The summed E-state index contributed by atoms with van der Waals surface area (Å²) < 4.78 is 6.38. The summed E-state index contributed by atoms with van der Waals surface area (Å²) in [4.78, 5) is 20.1. The summed E-state index contributed by atoms with van der Waals surface area (Å²) >= 11 is 0. The number of benzene rings is 1. The summed E-state index contributed by atoms with van der Waals surface area (Å²) in [5, 5.41) is 7.18. The molecule has 0 fully saturated rings. The van der Waals surface area contributed by atoms with Gasteiger partial charge in [0.25, 0.3) is 0 Å². The number of hydrogen-bond donors (Lipinski definition) is 1. The first-order valence-corrected chi connectivity index (χ1v) is 6.93. The van der Waals surface area contributed by atoms with Gasteiger partial charge in [-0.3, -0.25) is 4.68 Å². The second-order valence-electron chi connectivity index (χ2n) is 4.86. The van der Waals surface area contributed by atoms with Crippen LogP contribution in [-0.2, 0) is 11.8 Å². The topological polar surface area (TPSA) is 81.9 Å². The van der Waals surface area contributed by atoms with Crippen LogP contribution in [0.25, 0.3) is 11.3 Å². The van der Waals surface area contributed by atoms with Crippen LogP contribution < -0.4 is 5.32 Å². The SMILES string of the molecule is COC(=O)c1ccc(-c2ccnc(Nc3cnn(C)c3)n2)cc1. The zero-order valence-corrected chi connectivity index (χ0v) is 12.7. The van der Waals surface area contributed by atoms with Crippen molar-refractivity contribution in [2.75, 3.05) is 12.4 Å². The van der Waals surface area contributed by atoms with Gasteiger partial charge in [0.15, 0.2) is 0 Å². The number of methoxy groups -OCH3 is 1. The Morgan fingerprint density at radius 1 is 1.22 bits per heavy atom. The molecule has 0 spiro atoms. The van der Waals surface area contributed by atoms with E-state index in [9.17, 15) is 4.79 Å². The molecular weight excluding hydrogens is 294 g/mol. The standard InChI is InChI=1S/C16H15N5O2/c1-21-10-13(9-18-21)19-16-17-8-7-14(20-16)11-3-5-12(6-4-11)15(22)23-2/h3-10H,1-2H3,(H,17,19,20). The Balaban J connectivity index is 1.83. The van der Waals surface area contributed by atoms with Crippen molar-refractivity contribution in [1.82, 2.24) is 19.7 Å². The quantitative estimate of drug-likeness (QED) is 0.745. The fourth-order valence-corrected chi connectivity index (χ4v) is 2.09. The second kappa shape index (κ2) is 6.27. The molecule has 7 heteroatoms. The summed E-state index contributed by atoms with van der Waals surface area (Å²) in [6, 6.07) is 8.86. The van der Waals surface area contributed by atoms with E-state index < -0.39 is 0 Å². The maximum absolute atomic E-state index is 11.5. The normalized spacial score (nSPS) is 10.3. The van der Waals surface area contributed by atoms with Crippen LogP contribution in [0.15, 0.2) is 48.9 Å². The molecule has 0 aliphatic rings. The predicted octanol–water partition coefficient (Wildman–Crippen LogP) is 2.41. The summed E-state index contributed by atoms with van der Waals surface area (Å²) in [6.45, 7) is 0. The molecule has 0 saturated heterocycles. The molecule has 0 unspecified atom stereocenters. The van der Waals surface area contributed by atoms with Crippen molar-refractivity contribution < 1.29 is 9.53 Å². The Morgan fingerprint density at radius 2 is 2.00 bits per heavy atom. The Hall–Kier alpha value is -3.22. The third-order valence-electron chi connectivity index (χ3n) is 3.22. The van der Waals surface area contributed by atoms with Gasteiger partial charge in [0.05, 0.1) is 30.3 Å². The van der Waals surface area contributed by atoms with Crippen LogP contribution in [0.2, 0.25) is 0 Å². The van der Waals surface area contributed by atoms with Gasteiger partial charge in [-0.1, -0.05) is 12.1 Å². The molecule has 1 N–H and O–H groups in total. The molecule has 0 aliphatic carbocycles. The molecule has 0 aliphatic heterocycles. The maximum atomic E-state index is 11.5. The van der Waals surface area contributed by atoms with E-state index in [0.29, 0.717) is 11.5 Å². The molecule has 0 radical (unpaired) electrons. The number of esters is 1. The van der Waals surface area contributed by atoms with Crippen LogP contribution >= 0.6 is 0 Å². The van der Waals surface area contributed by atoms with Crippen molar-refractivity contribution in [3.8, 4) is 11.3 Å². The van der Waals surface area contributed by atoms with Crippen LogP contribution in [0, 0.1) is 0 Å². The minimum atomic E-state index is -0.363. The van der Waals surface area contributed by atoms with Crippen LogP contribution in [0.5, 0.6) is 0 Å². The number of carbonyl (C=O) groups excluding carboxylic acids is 1. The van der Waals surface area contributed by atoms with E-state index in [1.165, 1.54) is 7.11 Å². The van der Waals surface area contributed by atoms with Gasteiger partial charge in [-0.25, -0.2) is 14.8 Å². The van der Waals surface area contributed by atoms with E-state index in [2.05, 4.69) is 25.1 Å². The van der Waals surface area contributed by atoms with Crippen molar-refractivity contribution in [1.29, 1.82) is 0 Å².